The van der Waals surface area contributed by atoms with Gasteiger partial charge in [-0.2, -0.15) is 0 Å². The molecule has 0 radical (unpaired) electrons. The highest BCUT2D eigenvalue weighted by Crippen LogP contribution is 2.67. The van der Waals surface area contributed by atoms with E-state index in [1.165, 1.54) is 11.6 Å². The lowest BCUT2D eigenvalue weighted by Gasteiger charge is -2.16. The zero-order chi connectivity index (χ0) is 13.6. The van der Waals surface area contributed by atoms with Crippen LogP contribution in [0.15, 0.2) is 24.3 Å². The number of benzene rings is 1. The Bertz CT molecular complexity index is 414. The van der Waals surface area contributed by atoms with E-state index in [1.54, 1.807) is 7.11 Å². The van der Waals surface area contributed by atoms with E-state index in [-0.39, 0.29) is 0 Å². The molecule has 0 N–H and O–H groups in total. The third-order valence-electron chi connectivity index (χ3n) is 4.36. The maximum atomic E-state index is 5.24. The van der Waals surface area contributed by atoms with Gasteiger partial charge in [0.2, 0.25) is 0 Å². The second-order valence-corrected chi connectivity index (χ2v) is 13.0. The molecule has 1 saturated carbocycles. The molecule has 2 heteroatoms. The Hall–Kier alpha value is -0.763. The summed E-state index contributed by atoms with van der Waals surface area (Å²) in [4.78, 5) is 0. The van der Waals surface area contributed by atoms with Gasteiger partial charge >= 0.3 is 0 Å². The summed E-state index contributed by atoms with van der Waals surface area (Å²) in [6, 6.07) is 10.1. The van der Waals surface area contributed by atoms with Gasteiger partial charge in [0.05, 0.1) is 7.11 Å². The molecular formula is C16H26OSi. The van der Waals surface area contributed by atoms with Crippen molar-refractivity contribution in [2.24, 2.45) is 11.3 Å². The molecule has 100 valence electrons. The highest BCUT2D eigenvalue weighted by Gasteiger charge is 2.58. The fraction of sp³-hybridized carbons (Fsp3) is 0.625. The molecule has 0 heterocycles. The summed E-state index contributed by atoms with van der Waals surface area (Å²) in [5.74, 6) is 2.58. The highest BCUT2D eigenvalue weighted by atomic mass is 28.3. The zero-order valence-electron chi connectivity index (χ0n) is 12.6. The van der Waals surface area contributed by atoms with Gasteiger partial charge in [-0.15, -0.1) is 0 Å². The lowest BCUT2D eigenvalue weighted by Crippen LogP contribution is -2.20. The first kappa shape index (κ1) is 13.7. The molecule has 0 spiro atoms. The molecular weight excluding hydrogens is 236 g/mol. The van der Waals surface area contributed by atoms with Gasteiger partial charge in [-0.3, -0.25) is 0 Å². The number of rotatable bonds is 4. The Morgan fingerprint density at radius 1 is 1.11 bits per heavy atom. The molecule has 1 aliphatic carbocycles. The third kappa shape index (κ3) is 2.63. The normalized spacial score (nSPS) is 25.9. The molecule has 18 heavy (non-hydrogen) atoms. The van der Waals surface area contributed by atoms with Gasteiger partial charge in [0.25, 0.3) is 0 Å². The first-order valence-electron chi connectivity index (χ1n) is 6.89. The minimum Gasteiger partial charge on any atom is -0.497 e. The number of methoxy groups -OCH3 is 1. The molecule has 0 saturated heterocycles. The summed E-state index contributed by atoms with van der Waals surface area (Å²) < 4.78 is 5.24. The summed E-state index contributed by atoms with van der Waals surface area (Å²) in [6.45, 7) is 12.3. The van der Waals surface area contributed by atoms with Crippen molar-refractivity contribution in [1.82, 2.24) is 0 Å². The van der Waals surface area contributed by atoms with Gasteiger partial charge in [-0.25, -0.2) is 0 Å². The van der Waals surface area contributed by atoms with Crippen LogP contribution in [0.1, 0.15) is 25.3 Å². The molecule has 0 aromatic heterocycles. The Balaban J connectivity index is 2.14. The SMILES string of the molecule is COc1ccc([C@@H]2[C@H](C[Si](C)(C)C)C2(C)C)cc1. The van der Waals surface area contributed by atoms with Crippen molar-refractivity contribution in [2.75, 3.05) is 7.11 Å². The molecule has 0 aliphatic heterocycles. The smallest absolute Gasteiger partial charge is 0.118 e. The fourth-order valence-corrected chi connectivity index (χ4v) is 5.34. The summed E-state index contributed by atoms with van der Waals surface area (Å²) in [5, 5.41) is 0. The number of hydrogen-bond acceptors (Lipinski definition) is 1. The van der Waals surface area contributed by atoms with E-state index in [9.17, 15) is 0 Å². The second kappa shape index (κ2) is 4.41. The molecule has 1 aromatic carbocycles. The Labute approximate surface area is 113 Å². The van der Waals surface area contributed by atoms with Crippen LogP contribution in [0.5, 0.6) is 5.75 Å². The standard InChI is InChI=1S/C16H26OSi/c1-16(2)14(11-18(4,5)6)15(16)12-7-9-13(17-3)10-8-12/h7-10,14-15H,11H2,1-6H3/t14-,15+/m0/s1. The van der Waals surface area contributed by atoms with Crippen molar-refractivity contribution in [3.63, 3.8) is 0 Å². The zero-order valence-corrected chi connectivity index (χ0v) is 13.6. The fourth-order valence-electron chi connectivity index (χ4n) is 3.26. The molecule has 2 rings (SSSR count). The monoisotopic (exact) mass is 262 g/mol. The molecule has 2 atom stereocenters. The van der Waals surface area contributed by atoms with Crippen molar-refractivity contribution >= 4 is 8.07 Å². The quantitative estimate of drug-likeness (QED) is 0.710. The Morgan fingerprint density at radius 3 is 2.11 bits per heavy atom. The van der Waals surface area contributed by atoms with E-state index in [0.717, 1.165) is 17.6 Å². The van der Waals surface area contributed by atoms with Gasteiger partial charge in [-0.1, -0.05) is 51.7 Å². The van der Waals surface area contributed by atoms with Crippen molar-refractivity contribution in [1.29, 1.82) is 0 Å². The summed E-state index contributed by atoms with van der Waals surface area (Å²) >= 11 is 0. The summed E-state index contributed by atoms with van der Waals surface area (Å²) in [7, 11) is 0.762. The molecule has 1 aliphatic rings. The van der Waals surface area contributed by atoms with Gasteiger partial charge in [-0.05, 0) is 34.9 Å². The largest absolute Gasteiger partial charge is 0.497 e. The van der Waals surface area contributed by atoms with E-state index in [4.69, 9.17) is 4.74 Å². The molecule has 0 bridgehead atoms. The Kier molecular flexibility index (Phi) is 3.35. The summed E-state index contributed by atoms with van der Waals surface area (Å²) in [5.41, 5.74) is 1.97. The third-order valence-corrected chi connectivity index (χ3v) is 6.02. The van der Waals surface area contributed by atoms with Crippen LogP contribution >= 0.6 is 0 Å². The van der Waals surface area contributed by atoms with Gasteiger partial charge in [0.1, 0.15) is 5.75 Å². The van der Waals surface area contributed by atoms with Crippen LogP contribution in [0.25, 0.3) is 0 Å². The van der Waals surface area contributed by atoms with Crippen molar-refractivity contribution in [2.45, 2.75) is 45.5 Å². The van der Waals surface area contributed by atoms with Crippen molar-refractivity contribution in [3.8, 4) is 5.75 Å². The lowest BCUT2D eigenvalue weighted by atomic mass is 10.0. The van der Waals surface area contributed by atoms with Crippen LogP contribution in [0, 0.1) is 11.3 Å². The van der Waals surface area contributed by atoms with Gasteiger partial charge < -0.3 is 4.74 Å². The molecule has 1 nitrogen and oxygen atoms in total. The first-order chi connectivity index (χ1) is 8.25. The average Bonchev–Trinajstić information content (AvgIpc) is 2.78. The van der Waals surface area contributed by atoms with Crippen LogP contribution in [0.4, 0.5) is 0 Å². The van der Waals surface area contributed by atoms with Gasteiger partial charge in [0.15, 0.2) is 0 Å². The minimum atomic E-state index is -0.964. The van der Waals surface area contributed by atoms with Crippen LogP contribution in [0.3, 0.4) is 0 Å². The van der Waals surface area contributed by atoms with Crippen LogP contribution in [0.2, 0.25) is 25.7 Å². The van der Waals surface area contributed by atoms with E-state index in [1.807, 2.05) is 0 Å². The average molecular weight is 262 g/mol. The molecule has 0 unspecified atom stereocenters. The predicted octanol–water partition coefficient (Wildman–Crippen LogP) is 4.77. The van der Waals surface area contributed by atoms with Gasteiger partial charge in [0, 0.05) is 8.07 Å². The van der Waals surface area contributed by atoms with Crippen molar-refractivity contribution < 1.29 is 4.74 Å². The van der Waals surface area contributed by atoms with E-state index in [2.05, 4.69) is 57.8 Å². The highest BCUT2D eigenvalue weighted by molar-refractivity contribution is 6.76. The van der Waals surface area contributed by atoms with Crippen molar-refractivity contribution in [3.05, 3.63) is 29.8 Å². The predicted molar refractivity (Wildman–Crippen MR) is 81.2 cm³/mol. The first-order valence-corrected chi connectivity index (χ1v) is 10.6. The molecule has 0 amide bonds. The minimum absolute atomic E-state index is 0.481. The van der Waals surface area contributed by atoms with Crippen LogP contribution in [-0.4, -0.2) is 15.2 Å². The maximum Gasteiger partial charge on any atom is 0.118 e. The Morgan fingerprint density at radius 2 is 1.67 bits per heavy atom. The molecule has 1 aromatic rings. The van der Waals surface area contributed by atoms with Crippen LogP contribution < -0.4 is 4.74 Å². The topological polar surface area (TPSA) is 9.23 Å². The maximum absolute atomic E-state index is 5.24. The lowest BCUT2D eigenvalue weighted by molar-refractivity contribution is 0.414. The number of ether oxygens (including phenoxy) is 1. The summed E-state index contributed by atoms with van der Waals surface area (Å²) in [6.07, 6.45) is 0. The second-order valence-electron chi connectivity index (χ2n) is 7.44. The number of hydrogen-bond donors (Lipinski definition) is 0. The van der Waals surface area contributed by atoms with E-state index >= 15 is 0 Å². The van der Waals surface area contributed by atoms with E-state index in [0.29, 0.717) is 5.41 Å². The molecule has 1 fully saturated rings. The van der Waals surface area contributed by atoms with E-state index < -0.39 is 8.07 Å². The van der Waals surface area contributed by atoms with Crippen LogP contribution in [-0.2, 0) is 0 Å².